The van der Waals surface area contributed by atoms with E-state index in [-0.39, 0.29) is 11.2 Å². The van der Waals surface area contributed by atoms with Crippen molar-refractivity contribution >= 4 is 27.5 Å². The second kappa shape index (κ2) is 4.42. The number of halogens is 3. The summed E-state index contributed by atoms with van der Waals surface area (Å²) in [6, 6.07) is 5.11. The van der Waals surface area contributed by atoms with E-state index in [0.29, 0.717) is 5.88 Å². The van der Waals surface area contributed by atoms with Crippen LogP contribution in [-0.2, 0) is 6.42 Å². The summed E-state index contributed by atoms with van der Waals surface area (Å²) in [6.07, 6.45) is 4.25. The predicted molar refractivity (Wildman–Crippen MR) is 64.8 cm³/mol. The summed E-state index contributed by atoms with van der Waals surface area (Å²) in [5, 5.41) is 0. The van der Waals surface area contributed by atoms with Crippen LogP contribution in [0.1, 0.15) is 24.8 Å². The Morgan fingerprint density at radius 1 is 1.40 bits per heavy atom. The molecule has 0 unspecified atom stereocenters. The molecule has 0 saturated heterocycles. The fourth-order valence-corrected chi connectivity index (χ4v) is 2.89. The molecule has 1 aliphatic rings. The highest BCUT2D eigenvalue weighted by molar-refractivity contribution is 9.10. The Morgan fingerprint density at radius 2 is 2.13 bits per heavy atom. The lowest BCUT2D eigenvalue weighted by molar-refractivity contribution is 0.164. The zero-order valence-corrected chi connectivity index (χ0v) is 10.7. The van der Waals surface area contributed by atoms with Crippen molar-refractivity contribution in [3.8, 4) is 0 Å². The van der Waals surface area contributed by atoms with Gasteiger partial charge in [0.2, 0.25) is 0 Å². The van der Waals surface area contributed by atoms with Crippen LogP contribution in [0.2, 0.25) is 0 Å². The van der Waals surface area contributed by atoms with E-state index in [4.69, 9.17) is 11.6 Å². The predicted octanol–water partition coefficient (Wildman–Crippen LogP) is 4.54. The summed E-state index contributed by atoms with van der Waals surface area (Å²) in [4.78, 5) is 0. The SMILES string of the molecule is Fc1ccc(Br)cc1CC1(CCl)CCC1. The Morgan fingerprint density at radius 3 is 2.67 bits per heavy atom. The zero-order chi connectivity index (χ0) is 10.9. The summed E-state index contributed by atoms with van der Waals surface area (Å²) < 4.78 is 14.5. The topological polar surface area (TPSA) is 0 Å². The third-order valence-electron chi connectivity index (χ3n) is 3.27. The van der Waals surface area contributed by atoms with E-state index < -0.39 is 0 Å². The van der Waals surface area contributed by atoms with Crippen molar-refractivity contribution in [1.82, 2.24) is 0 Å². The van der Waals surface area contributed by atoms with Gasteiger partial charge in [-0.25, -0.2) is 4.39 Å². The van der Waals surface area contributed by atoms with E-state index in [2.05, 4.69) is 15.9 Å². The van der Waals surface area contributed by atoms with Crippen LogP contribution in [0.5, 0.6) is 0 Å². The maximum absolute atomic E-state index is 13.5. The van der Waals surface area contributed by atoms with Crippen molar-refractivity contribution in [2.45, 2.75) is 25.7 Å². The molecule has 2 rings (SSSR count). The summed E-state index contributed by atoms with van der Waals surface area (Å²) in [6.45, 7) is 0. The molecule has 0 aromatic heterocycles. The van der Waals surface area contributed by atoms with Crippen LogP contribution in [0.3, 0.4) is 0 Å². The van der Waals surface area contributed by atoms with Gasteiger partial charge < -0.3 is 0 Å². The summed E-state index contributed by atoms with van der Waals surface area (Å²) in [5.41, 5.74) is 0.938. The minimum Gasteiger partial charge on any atom is -0.207 e. The monoisotopic (exact) mass is 290 g/mol. The van der Waals surface area contributed by atoms with E-state index in [1.807, 2.05) is 6.07 Å². The van der Waals surface area contributed by atoms with Crippen molar-refractivity contribution in [3.05, 3.63) is 34.1 Å². The average molecular weight is 292 g/mol. The second-order valence-electron chi connectivity index (χ2n) is 4.40. The van der Waals surface area contributed by atoms with Gasteiger partial charge in [-0.15, -0.1) is 11.6 Å². The van der Waals surface area contributed by atoms with Gasteiger partial charge >= 0.3 is 0 Å². The third-order valence-corrected chi connectivity index (χ3v) is 4.33. The number of alkyl halides is 1. The molecule has 1 aliphatic carbocycles. The quantitative estimate of drug-likeness (QED) is 0.717. The lowest BCUT2D eigenvalue weighted by Gasteiger charge is -2.40. The van der Waals surface area contributed by atoms with Gasteiger partial charge in [-0.3, -0.25) is 0 Å². The Kier molecular flexibility index (Phi) is 3.36. The van der Waals surface area contributed by atoms with Crippen molar-refractivity contribution in [1.29, 1.82) is 0 Å². The number of hydrogen-bond donors (Lipinski definition) is 0. The van der Waals surface area contributed by atoms with Crippen molar-refractivity contribution in [2.24, 2.45) is 5.41 Å². The lowest BCUT2D eigenvalue weighted by atomic mass is 9.67. The Bertz CT molecular complexity index is 355. The maximum Gasteiger partial charge on any atom is 0.126 e. The molecule has 0 N–H and O–H groups in total. The van der Waals surface area contributed by atoms with Crippen molar-refractivity contribution in [3.63, 3.8) is 0 Å². The Labute approximate surface area is 103 Å². The van der Waals surface area contributed by atoms with E-state index in [0.717, 1.165) is 29.3 Å². The van der Waals surface area contributed by atoms with Crippen molar-refractivity contribution in [2.75, 3.05) is 5.88 Å². The van der Waals surface area contributed by atoms with Gasteiger partial charge in [0.1, 0.15) is 5.82 Å². The molecule has 0 bridgehead atoms. The number of hydrogen-bond acceptors (Lipinski definition) is 0. The molecule has 0 aliphatic heterocycles. The van der Waals surface area contributed by atoms with Crippen LogP contribution in [0.25, 0.3) is 0 Å². The summed E-state index contributed by atoms with van der Waals surface area (Å²) >= 11 is 9.33. The molecule has 0 heterocycles. The summed E-state index contributed by atoms with van der Waals surface area (Å²) in [7, 11) is 0. The van der Waals surface area contributed by atoms with E-state index in [1.165, 1.54) is 12.5 Å². The van der Waals surface area contributed by atoms with Crippen LogP contribution in [0.4, 0.5) is 4.39 Å². The second-order valence-corrected chi connectivity index (χ2v) is 5.58. The molecule has 15 heavy (non-hydrogen) atoms. The van der Waals surface area contributed by atoms with Gasteiger partial charge in [0, 0.05) is 10.4 Å². The van der Waals surface area contributed by atoms with E-state index in [1.54, 1.807) is 6.07 Å². The van der Waals surface area contributed by atoms with Crippen LogP contribution in [-0.4, -0.2) is 5.88 Å². The van der Waals surface area contributed by atoms with Gasteiger partial charge in [-0.2, -0.15) is 0 Å². The van der Waals surface area contributed by atoms with Gasteiger partial charge in [0.05, 0.1) is 0 Å². The molecule has 0 atom stereocenters. The highest BCUT2D eigenvalue weighted by Gasteiger charge is 2.36. The first kappa shape index (κ1) is 11.4. The fourth-order valence-electron chi connectivity index (χ4n) is 2.12. The Balaban J connectivity index is 2.19. The van der Waals surface area contributed by atoms with Crippen LogP contribution < -0.4 is 0 Å². The van der Waals surface area contributed by atoms with Crippen LogP contribution >= 0.6 is 27.5 Å². The first-order valence-electron chi connectivity index (χ1n) is 5.15. The molecule has 0 spiro atoms. The molecular weight excluding hydrogens is 278 g/mol. The van der Waals surface area contributed by atoms with Gasteiger partial charge in [-0.05, 0) is 48.4 Å². The van der Waals surface area contributed by atoms with Gasteiger partial charge in [-0.1, -0.05) is 22.4 Å². The van der Waals surface area contributed by atoms with Crippen LogP contribution in [0.15, 0.2) is 22.7 Å². The van der Waals surface area contributed by atoms with E-state index in [9.17, 15) is 4.39 Å². The molecule has 1 saturated carbocycles. The maximum atomic E-state index is 13.5. The molecule has 0 nitrogen and oxygen atoms in total. The molecule has 3 heteroatoms. The zero-order valence-electron chi connectivity index (χ0n) is 8.40. The Hall–Kier alpha value is -0.0800. The van der Waals surface area contributed by atoms with Gasteiger partial charge in [0.25, 0.3) is 0 Å². The number of rotatable bonds is 3. The van der Waals surface area contributed by atoms with Gasteiger partial charge in [0.15, 0.2) is 0 Å². The molecule has 1 aromatic carbocycles. The smallest absolute Gasteiger partial charge is 0.126 e. The average Bonchev–Trinajstić information content (AvgIpc) is 2.17. The minimum atomic E-state index is -0.116. The summed E-state index contributed by atoms with van der Waals surface area (Å²) in [5.74, 6) is 0.522. The molecule has 0 radical (unpaired) electrons. The molecule has 82 valence electrons. The minimum absolute atomic E-state index is 0.116. The molecule has 1 aromatic rings. The molecular formula is C12H13BrClF. The highest BCUT2D eigenvalue weighted by Crippen LogP contribution is 2.45. The third kappa shape index (κ3) is 2.36. The van der Waals surface area contributed by atoms with Crippen molar-refractivity contribution < 1.29 is 4.39 Å². The largest absolute Gasteiger partial charge is 0.207 e. The lowest BCUT2D eigenvalue weighted by Crippen LogP contribution is -2.33. The molecule has 1 fully saturated rings. The first-order chi connectivity index (χ1) is 7.15. The number of benzene rings is 1. The fraction of sp³-hybridized carbons (Fsp3) is 0.500. The molecule has 0 amide bonds. The van der Waals surface area contributed by atoms with E-state index >= 15 is 0 Å². The first-order valence-corrected chi connectivity index (χ1v) is 6.48. The normalized spacial score (nSPS) is 18.6. The highest BCUT2D eigenvalue weighted by atomic mass is 79.9. The standard InChI is InChI=1S/C12H13BrClF/c13-10-2-3-11(15)9(6-10)7-12(8-14)4-1-5-12/h2-3,6H,1,4-5,7-8H2. The van der Waals surface area contributed by atoms with Crippen LogP contribution in [0, 0.1) is 11.2 Å².